The highest BCUT2D eigenvalue weighted by Crippen LogP contribution is 2.38. The Balaban J connectivity index is 1.53. The van der Waals surface area contributed by atoms with Crippen molar-refractivity contribution in [1.82, 2.24) is 4.98 Å². The van der Waals surface area contributed by atoms with E-state index in [2.05, 4.69) is 15.6 Å². The highest BCUT2D eigenvalue weighted by Gasteiger charge is 2.27. The SMILES string of the molecule is COc1cc2nc(N)cc(Oc3ccc(NC(=O)C(CCC#N)C(=O)Nc4ccc(F)cc4)cc3F)c2cc1OC. The number of hydrogen-bond donors (Lipinski definition) is 3. The number of anilines is 3. The van der Waals surface area contributed by atoms with Crippen LogP contribution in [-0.2, 0) is 9.59 Å². The zero-order chi connectivity index (χ0) is 29.5. The van der Waals surface area contributed by atoms with Gasteiger partial charge in [-0.2, -0.15) is 5.26 Å². The summed E-state index contributed by atoms with van der Waals surface area (Å²) in [5.41, 5.74) is 6.69. The van der Waals surface area contributed by atoms with Gasteiger partial charge in [0.2, 0.25) is 11.8 Å². The van der Waals surface area contributed by atoms with Crippen molar-refractivity contribution in [2.45, 2.75) is 12.8 Å². The van der Waals surface area contributed by atoms with Crippen molar-refractivity contribution >= 4 is 39.9 Å². The molecule has 0 fully saturated rings. The van der Waals surface area contributed by atoms with Crippen LogP contribution in [-0.4, -0.2) is 31.0 Å². The Morgan fingerprint density at radius 1 is 0.902 bits per heavy atom. The summed E-state index contributed by atoms with van der Waals surface area (Å²) < 4.78 is 44.7. The van der Waals surface area contributed by atoms with Crippen molar-refractivity contribution in [3.63, 3.8) is 0 Å². The fourth-order valence-corrected chi connectivity index (χ4v) is 3.99. The molecule has 1 heterocycles. The van der Waals surface area contributed by atoms with Gasteiger partial charge in [0.15, 0.2) is 23.1 Å². The lowest BCUT2D eigenvalue weighted by molar-refractivity contribution is -0.129. The van der Waals surface area contributed by atoms with E-state index in [0.29, 0.717) is 22.4 Å². The molecule has 41 heavy (non-hydrogen) atoms. The number of ether oxygens (including phenoxy) is 3. The number of nitrogens with one attached hydrogen (secondary N) is 2. The van der Waals surface area contributed by atoms with Gasteiger partial charge in [-0.05, 0) is 48.9 Å². The first-order valence-electron chi connectivity index (χ1n) is 12.3. The largest absolute Gasteiger partial charge is 0.493 e. The first kappa shape index (κ1) is 28.6. The highest BCUT2D eigenvalue weighted by molar-refractivity contribution is 6.10. The van der Waals surface area contributed by atoms with Crippen LogP contribution in [0.2, 0.25) is 0 Å². The van der Waals surface area contributed by atoms with Crippen LogP contribution in [0.1, 0.15) is 12.8 Å². The van der Waals surface area contributed by atoms with Gasteiger partial charge in [-0.3, -0.25) is 9.59 Å². The summed E-state index contributed by atoms with van der Waals surface area (Å²) in [6.45, 7) is 0. The van der Waals surface area contributed by atoms with E-state index in [0.717, 1.165) is 18.2 Å². The number of nitrogens with two attached hydrogens (primary N) is 1. The summed E-state index contributed by atoms with van der Waals surface area (Å²) in [6.07, 6.45) is -0.153. The van der Waals surface area contributed by atoms with E-state index in [1.807, 2.05) is 6.07 Å². The highest BCUT2D eigenvalue weighted by atomic mass is 19.1. The number of hydrogen-bond acceptors (Lipinski definition) is 8. The second-order valence-electron chi connectivity index (χ2n) is 8.75. The lowest BCUT2D eigenvalue weighted by Gasteiger charge is -2.17. The Kier molecular flexibility index (Phi) is 8.79. The summed E-state index contributed by atoms with van der Waals surface area (Å²) in [6, 6.07) is 15.3. The number of carbonyl (C=O) groups is 2. The maximum absolute atomic E-state index is 15.1. The van der Waals surface area contributed by atoms with Crippen molar-refractivity contribution in [2.24, 2.45) is 5.92 Å². The number of amides is 2. The quantitative estimate of drug-likeness (QED) is 0.218. The van der Waals surface area contributed by atoms with Gasteiger partial charge in [0.1, 0.15) is 23.3 Å². The summed E-state index contributed by atoms with van der Waals surface area (Å²) in [4.78, 5) is 30.0. The summed E-state index contributed by atoms with van der Waals surface area (Å²) in [7, 11) is 2.95. The smallest absolute Gasteiger partial charge is 0.236 e. The molecule has 3 aromatic carbocycles. The lowest BCUT2D eigenvalue weighted by Crippen LogP contribution is -2.33. The molecule has 0 saturated carbocycles. The van der Waals surface area contributed by atoms with Crippen LogP contribution in [0.4, 0.5) is 26.0 Å². The summed E-state index contributed by atoms with van der Waals surface area (Å²) in [5, 5.41) is 14.5. The number of pyridine rings is 1. The molecule has 0 bridgehead atoms. The molecule has 4 rings (SSSR count). The van der Waals surface area contributed by atoms with Crippen LogP contribution in [0.25, 0.3) is 10.9 Å². The monoisotopic (exact) mass is 561 g/mol. The van der Waals surface area contributed by atoms with Gasteiger partial charge >= 0.3 is 0 Å². The Morgan fingerprint density at radius 3 is 2.17 bits per heavy atom. The number of benzene rings is 3. The molecule has 12 heteroatoms. The number of carbonyl (C=O) groups excluding carboxylic acids is 2. The standard InChI is InChI=1S/C29H25F2N5O5/c1-39-25-13-20-22(14-26(25)40-2)36-27(33)15-24(20)41-23-10-9-18(12-21(23)31)35-29(38)19(4-3-11-32)28(37)34-17-7-5-16(30)6-8-17/h5-10,12-15,19H,3-4H2,1-2H3,(H2,33,36)(H,34,37)(H,35,38). The molecule has 0 spiro atoms. The van der Waals surface area contributed by atoms with Gasteiger partial charge in [0.05, 0.1) is 25.8 Å². The van der Waals surface area contributed by atoms with Crippen LogP contribution in [0.5, 0.6) is 23.0 Å². The van der Waals surface area contributed by atoms with E-state index in [4.69, 9.17) is 25.2 Å². The van der Waals surface area contributed by atoms with Crippen LogP contribution in [0.3, 0.4) is 0 Å². The number of nitriles is 1. The van der Waals surface area contributed by atoms with Crippen LogP contribution in [0.15, 0.2) is 60.7 Å². The van der Waals surface area contributed by atoms with E-state index in [1.54, 1.807) is 12.1 Å². The first-order chi connectivity index (χ1) is 19.7. The zero-order valence-corrected chi connectivity index (χ0v) is 22.0. The van der Waals surface area contributed by atoms with Crippen molar-refractivity contribution < 1.29 is 32.6 Å². The average molecular weight is 562 g/mol. The predicted molar refractivity (Wildman–Crippen MR) is 148 cm³/mol. The van der Waals surface area contributed by atoms with E-state index >= 15 is 4.39 Å². The number of nitrogen functional groups attached to an aromatic ring is 1. The van der Waals surface area contributed by atoms with Crippen molar-refractivity contribution in [3.8, 4) is 29.1 Å². The normalized spacial score (nSPS) is 11.3. The van der Waals surface area contributed by atoms with Crippen LogP contribution >= 0.6 is 0 Å². The third-order valence-electron chi connectivity index (χ3n) is 6.00. The number of halogens is 2. The van der Waals surface area contributed by atoms with Crippen molar-refractivity contribution in [2.75, 3.05) is 30.6 Å². The van der Waals surface area contributed by atoms with Gasteiger partial charge in [0, 0.05) is 41.4 Å². The molecule has 4 aromatic rings. The van der Waals surface area contributed by atoms with Crippen LogP contribution < -0.4 is 30.6 Å². The Bertz CT molecular complexity index is 1640. The zero-order valence-electron chi connectivity index (χ0n) is 22.0. The topological polar surface area (TPSA) is 149 Å². The molecule has 10 nitrogen and oxygen atoms in total. The molecular formula is C29H25F2N5O5. The van der Waals surface area contributed by atoms with Gasteiger partial charge in [-0.25, -0.2) is 13.8 Å². The minimum Gasteiger partial charge on any atom is -0.493 e. The number of aromatic nitrogens is 1. The maximum Gasteiger partial charge on any atom is 0.236 e. The second kappa shape index (κ2) is 12.6. The molecule has 0 aliphatic heterocycles. The lowest BCUT2D eigenvalue weighted by atomic mass is 10.0. The van der Waals surface area contributed by atoms with E-state index in [9.17, 15) is 14.0 Å². The molecule has 4 N–H and O–H groups in total. The van der Waals surface area contributed by atoms with Gasteiger partial charge < -0.3 is 30.6 Å². The summed E-state index contributed by atoms with van der Waals surface area (Å²) >= 11 is 0. The molecule has 0 aliphatic carbocycles. The van der Waals surface area contributed by atoms with Crippen molar-refractivity contribution in [3.05, 3.63) is 72.3 Å². The van der Waals surface area contributed by atoms with Gasteiger partial charge in [0.25, 0.3) is 0 Å². The Labute approximate surface area is 233 Å². The molecular weight excluding hydrogens is 536 g/mol. The molecule has 1 aromatic heterocycles. The first-order valence-corrected chi connectivity index (χ1v) is 12.3. The molecule has 0 radical (unpaired) electrons. The molecule has 1 atom stereocenters. The maximum atomic E-state index is 15.1. The number of methoxy groups -OCH3 is 2. The molecule has 1 unspecified atom stereocenters. The molecule has 0 saturated heterocycles. The number of rotatable bonds is 10. The molecule has 210 valence electrons. The van der Waals surface area contributed by atoms with Crippen LogP contribution in [0, 0.1) is 28.9 Å². The second-order valence-corrected chi connectivity index (χ2v) is 8.75. The number of nitrogens with zero attached hydrogens (tertiary/aromatic N) is 2. The minimum absolute atomic E-state index is 0.0573. The van der Waals surface area contributed by atoms with Gasteiger partial charge in [-0.1, -0.05) is 0 Å². The molecule has 0 aliphatic rings. The van der Waals surface area contributed by atoms with Crippen molar-refractivity contribution in [1.29, 1.82) is 5.26 Å². The Morgan fingerprint density at radius 2 is 1.54 bits per heavy atom. The van der Waals surface area contributed by atoms with Gasteiger partial charge in [-0.15, -0.1) is 0 Å². The van der Waals surface area contributed by atoms with E-state index in [-0.39, 0.29) is 41.5 Å². The minimum atomic E-state index is -1.27. The third-order valence-corrected chi connectivity index (χ3v) is 6.00. The fraction of sp³-hybridized carbons (Fsp3) is 0.172. The van der Waals surface area contributed by atoms with E-state index < -0.39 is 29.4 Å². The number of fused-ring (bicyclic) bond motifs is 1. The predicted octanol–water partition coefficient (Wildman–Crippen LogP) is 5.40. The molecule has 2 amide bonds. The van der Waals surface area contributed by atoms with E-state index in [1.165, 1.54) is 44.6 Å². The average Bonchev–Trinajstić information content (AvgIpc) is 2.95. The Hall–Kier alpha value is -5.44. The third kappa shape index (κ3) is 6.77. The summed E-state index contributed by atoms with van der Waals surface area (Å²) in [5.74, 6) is -3.01. The fourth-order valence-electron chi connectivity index (χ4n) is 3.99.